The number of carbonyl (C=O) groups is 1. The van der Waals surface area contributed by atoms with E-state index in [1.807, 2.05) is 24.3 Å². The van der Waals surface area contributed by atoms with Gasteiger partial charge < -0.3 is 15.4 Å². The molecule has 0 saturated heterocycles. The molecule has 0 aliphatic heterocycles. The molecule has 4 nitrogen and oxygen atoms in total. The Labute approximate surface area is 139 Å². The lowest BCUT2D eigenvalue weighted by molar-refractivity contribution is -0.123. The van der Waals surface area contributed by atoms with Gasteiger partial charge in [0.05, 0.1) is 12.5 Å². The summed E-state index contributed by atoms with van der Waals surface area (Å²) in [7, 11) is 0. The van der Waals surface area contributed by atoms with E-state index in [1.165, 1.54) is 24.3 Å². The lowest BCUT2D eigenvalue weighted by Crippen LogP contribution is -2.32. The highest BCUT2D eigenvalue weighted by molar-refractivity contribution is 5.84. The van der Waals surface area contributed by atoms with Crippen molar-refractivity contribution in [2.45, 2.75) is 12.3 Å². The highest BCUT2D eigenvalue weighted by atomic mass is 19.1. The van der Waals surface area contributed by atoms with Crippen molar-refractivity contribution in [1.82, 2.24) is 10.3 Å². The number of amides is 1. The molecule has 0 bridgehead atoms. The fraction of sp³-hybridized carbons (Fsp3) is 0.211. The van der Waals surface area contributed by atoms with Gasteiger partial charge in [-0.15, -0.1) is 0 Å². The zero-order valence-corrected chi connectivity index (χ0v) is 13.1. The molecule has 1 unspecified atom stereocenters. The van der Waals surface area contributed by atoms with Gasteiger partial charge in [0.15, 0.2) is 0 Å². The summed E-state index contributed by atoms with van der Waals surface area (Å²) in [6.07, 6.45) is 0.669. The molecule has 1 aromatic heterocycles. The van der Waals surface area contributed by atoms with E-state index < -0.39 is 5.92 Å². The standard InChI is InChI=1S/C19H19FN2O2/c20-15-7-5-13(6-8-15)17(12-23)19(24)21-10-9-16-11-14-3-1-2-4-18(14)22-16/h1-8,11,17,22-23H,9-10,12H2,(H,21,24). The highest BCUT2D eigenvalue weighted by Crippen LogP contribution is 2.17. The smallest absolute Gasteiger partial charge is 0.229 e. The Morgan fingerprint density at radius 3 is 2.62 bits per heavy atom. The van der Waals surface area contributed by atoms with E-state index in [-0.39, 0.29) is 18.3 Å². The molecular formula is C19H19FN2O2. The fourth-order valence-corrected chi connectivity index (χ4v) is 2.75. The molecular weight excluding hydrogens is 307 g/mol. The van der Waals surface area contributed by atoms with Gasteiger partial charge in [-0.05, 0) is 35.2 Å². The molecule has 3 N–H and O–H groups in total. The molecule has 5 heteroatoms. The average Bonchev–Trinajstić information content (AvgIpc) is 3.00. The van der Waals surface area contributed by atoms with Gasteiger partial charge in [-0.1, -0.05) is 30.3 Å². The Bertz CT molecular complexity index is 794. The minimum absolute atomic E-state index is 0.264. The van der Waals surface area contributed by atoms with Gasteiger partial charge in [-0.3, -0.25) is 4.79 Å². The number of carbonyl (C=O) groups excluding carboxylic acids is 1. The number of rotatable bonds is 6. The zero-order chi connectivity index (χ0) is 16.9. The van der Waals surface area contributed by atoms with Crippen LogP contribution in [0.25, 0.3) is 10.9 Å². The molecule has 24 heavy (non-hydrogen) atoms. The number of para-hydroxylation sites is 1. The number of aromatic nitrogens is 1. The third kappa shape index (κ3) is 3.63. The van der Waals surface area contributed by atoms with Crippen molar-refractivity contribution in [3.8, 4) is 0 Å². The number of aliphatic hydroxyl groups is 1. The number of aromatic amines is 1. The van der Waals surface area contributed by atoms with Crippen molar-refractivity contribution >= 4 is 16.8 Å². The van der Waals surface area contributed by atoms with Crippen molar-refractivity contribution < 1.29 is 14.3 Å². The molecule has 0 radical (unpaired) electrons. The number of halogens is 1. The van der Waals surface area contributed by atoms with E-state index >= 15 is 0 Å². The predicted molar refractivity (Wildman–Crippen MR) is 91.2 cm³/mol. The molecule has 0 aliphatic rings. The second-order valence-corrected chi connectivity index (χ2v) is 5.71. The van der Waals surface area contributed by atoms with Crippen molar-refractivity contribution in [2.75, 3.05) is 13.2 Å². The first-order valence-corrected chi connectivity index (χ1v) is 7.88. The quantitative estimate of drug-likeness (QED) is 0.652. The number of benzene rings is 2. The molecule has 0 aliphatic carbocycles. The summed E-state index contributed by atoms with van der Waals surface area (Å²) < 4.78 is 13.0. The maximum atomic E-state index is 13.0. The van der Waals surface area contributed by atoms with Crippen molar-refractivity contribution in [1.29, 1.82) is 0 Å². The minimum Gasteiger partial charge on any atom is -0.395 e. The first-order chi connectivity index (χ1) is 11.7. The molecule has 124 valence electrons. The SMILES string of the molecule is O=C(NCCc1cc2ccccc2[nH]1)C(CO)c1ccc(F)cc1. The second kappa shape index (κ2) is 7.27. The van der Waals surface area contributed by atoms with Gasteiger partial charge in [0, 0.05) is 24.2 Å². The van der Waals surface area contributed by atoms with Crippen LogP contribution in [0.15, 0.2) is 54.6 Å². The van der Waals surface area contributed by atoms with Gasteiger partial charge in [0.1, 0.15) is 5.82 Å². The van der Waals surface area contributed by atoms with E-state index in [9.17, 15) is 14.3 Å². The molecule has 3 rings (SSSR count). The summed E-state index contributed by atoms with van der Waals surface area (Å²) >= 11 is 0. The second-order valence-electron chi connectivity index (χ2n) is 5.71. The predicted octanol–water partition coefficient (Wildman–Crippen LogP) is 2.74. The Morgan fingerprint density at radius 1 is 1.17 bits per heavy atom. The Balaban J connectivity index is 1.58. The summed E-state index contributed by atoms with van der Waals surface area (Å²) in [5, 5.41) is 13.4. The van der Waals surface area contributed by atoms with Crippen LogP contribution in [0, 0.1) is 5.82 Å². The van der Waals surface area contributed by atoms with Gasteiger partial charge in [-0.2, -0.15) is 0 Å². The third-order valence-corrected chi connectivity index (χ3v) is 4.05. The van der Waals surface area contributed by atoms with Crippen molar-refractivity contribution in [3.05, 3.63) is 71.7 Å². The number of nitrogens with one attached hydrogen (secondary N) is 2. The van der Waals surface area contributed by atoms with Crippen LogP contribution in [-0.4, -0.2) is 29.1 Å². The normalized spacial score (nSPS) is 12.2. The van der Waals surface area contributed by atoms with E-state index in [4.69, 9.17) is 0 Å². The molecule has 0 saturated carbocycles. The van der Waals surface area contributed by atoms with E-state index in [1.54, 1.807) is 0 Å². The van der Waals surface area contributed by atoms with Crippen LogP contribution < -0.4 is 5.32 Å². The van der Waals surface area contributed by atoms with Crippen LogP contribution >= 0.6 is 0 Å². The molecule has 1 atom stereocenters. The summed E-state index contributed by atoms with van der Waals surface area (Å²) in [5.41, 5.74) is 2.71. The Morgan fingerprint density at radius 2 is 1.92 bits per heavy atom. The van der Waals surface area contributed by atoms with Gasteiger partial charge >= 0.3 is 0 Å². The Kier molecular flexibility index (Phi) is 4.91. The van der Waals surface area contributed by atoms with Gasteiger partial charge in [0.2, 0.25) is 5.91 Å². The van der Waals surface area contributed by atoms with Crippen LogP contribution in [0.2, 0.25) is 0 Å². The maximum absolute atomic E-state index is 13.0. The molecule has 1 amide bonds. The summed E-state index contributed by atoms with van der Waals surface area (Å²) in [6, 6.07) is 15.7. The summed E-state index contributed by atoms with van der Waals surface area (Å²) in [4.78, 5) is 15.6. The van der Waals surface area contributed by atoms with Crippen LogP contribution in [0.5, 0.6) is 0 Å². The monoisotopic (exact) mass is 326 g/mol. The lowest BCUT2D eigenvalue weighted by atomic mass is 9.99. The molecule has 0 fully saturated rings. The number of hydrogen-bond acceptors (Lipinski definition) is 2. The minimum atomic E-state index is -0.687. The molecule has 1 heterocycles. The van der Waals surface area contributed by atoms with E-state index in [2.05, 4.69) is 16.4 Å². The summed E-state index contributed by atoms with van der Waals surface area (Å²) in [6.45, 7) is 0.146. The Hall–Kier alpha value is -2.66. The highest BCUT2D eigenvalue weighted by Gasteiger charge is 2.19. The lowest BCUT2D eigenvalue weighted by Gasteiger charge is -2.14. The number of H-pyrrole nitrogens is 1. The fourth-order valence-electron chi connectivity index (χ4n) is 2.75. The first kappa shape index (κ1) is 16.2. The van der Waals surface area contributed by atoms with E-state index in [0.29, 0.717) is 18.5 Å². The maximum Gasteiger partial charge on any atom is 0.229 e. The third-order valence-electron chi connectivity index (χ3n) is 4.05. The van der Waals surface area contributed by atoms with Crippen LogP contribution in [-0.2, 0) is 11.2 Å². The number of fused-ring (bicyclic) bond motifs is 1. The largest absolute Gasteiger partial charge is 0.395 e. The van der Waals surface area contributed by atoms with Crippen molar-refractivity contribution in [3.63, 3.8) is 0 Å². The topological polar surface area (TPSA) is 65.1 Å². The van der Waals surface area contributed by atoms with Crippen LogP contribution in [0.1, 0.15) is 17.2 Å². The molecule has 2 aromatic carbocycles. The van der Waals surface area contributed by atoms with Crippen LogP contribution in [0.4, 0.5) is 4.39 Å². The number of aliphatic hydroxyl groups excluding tert-OH is 1. The van der Waals surface area contributed by atoms with Gasteiger partial charge in [-0.25, -0.2) is 4.39 Å². The van der Waals surface area contributed by atoms with Crippen molar-refractivity contribution in [2.24, 2.45) is 0 Å². The summed E-state index contributed by atoms with van der Waals surface area (Å²) in [5.74, 6) is -1.32. The van der Waals surface area contributed by atoms with Gasteiger partial charge in [0.25, 0.3) is 0 Å². The molecule has 0 spiro atoms. The average molecular weight is 326 g/mol. The molecule has 3 aromatic rings. The number of hydrogen-bond donors (Lipinski definition) is 3. The van der Waals surface area contributed by atoms with E-state index in [0.717, 1.165) is 16.6 Å². The van der Waals surface area contributed by atoms with Crippen LogP contribution in [0.3, 0.4) is 0 Å². The first-order valence-electron chi connectivity index (χ1n) is 7.88. The zero-order valence-electron chi connectivity index (χ0n) is 13.1.